The summed E-state index contributed by atoms with van der Waals surface area (Å²) in [6.07, 6.45) is 10.1. The zero-order valence-electron chi connectivity index (χ0n) is 39.4. The van der Waals surface area contributed by atoms with Gasteiger partial charge in [-0.2, -0.15) is 0 Å². The number of carbonyl (C=O) groups excluding carboxylic acids is 6. The number of ether oxygens (including phenoxy) is 2. The minimum atomic E-state index is -0.725. The Balaban J connectivity index is 0.753. The maximum Gasteiger partial charge on any atom is 0.255 e. The summed E-state index contributed by atoms with van der Waals surface area (Å²) in [6.45, 7) is 9.25. The summed E-state index contributed by atoms with van der Waals surface area (Å²) >= 11 is 0. The van der Waals surface area contributed by atoms with E-state index < -0.39 is 11.9 Å². The van der Waals surface area contributed by atoms with Gasteiger partial charge in [-0.15, -0.1) is 0 Å². The lowest BCUT2D eigenvalue weighted by Gasteiger charge is -2.43. The summed E-state index contributed by atoms with van der Waals surface area (Å²) in [7, 11) is 3.43. The molecule has 2 N–H and O–H groups in total. The zero-order valence-corrected chi connectivity index (χ0v) is 39.4. The van der Waals surface area contributed by atoms with Crippen molar-refractivity contribution in [3.63, 3.8) is 0 Å². The van der Waals surface area contributed by atoms with Gasteiger partial charge in [0.25, 0.3) is 5.91 Å². The second-order valence-corrected chi connectivity index (χ2v) is 18.5. The number of anilines is 3. The second kappa shape index (κ2) is 21.5. The maximum absolute atomic E-state index is 13.6. The molecule has 5 aliphatic rings. The van der Waals surface area contributed by atoms with Crippen LogP contribution in [0.5, 0.6) is 5.75 Å². The van der Waals surface area contributed by atoms with E-state index >= 15 is 0 Å². The van der Waals surface area contributed by atoms with Crippen LogP contribution in [-0.2, 0) is 36.9 Å². The highest BCUT2D eigenvalue weighted by molar-refractivity contribution is 6.07. The van der Waals surface area contributed by atoms with E-state index in [2.05, 4.69) is 32.3 Å². The number of aromatic nitrogens is 2. The van der Waals surface area contributed by atoms with Crippen LogP contribution in [-0.4, -0.2) is 145 Å². The van der Waals surface area contributed by atoms with E-state index in [0.29, 0.717) is 91.5 Å². The summed E-state index contributed by atoms with van der Waals surface area (Å²) in [6, 6.07) is 10.2. The number of fused-ring (bicyclic) bond motifs is 2. The molecule has 5 heterocycles. The third kappa shape index (κ3) is 10.7. The summed E-state index contributed by atoms with van der Waals surface area (Å²) in [4.78, 5) is 97.0. The van der Waals surface area contributed by atoms with Gasteiger partial charge < -0.3 is 34.4 Å². The number of likely N-dealkylation sites (N-methyl/N-ethyl adjacent to an activating group) is 2. The summed E-state index contributed by atoms with van der Waals surface area (Å²) in [5.41, 5.74) is 3.93. The molecule has 2 aromatic carbocycles. The van der Waals surface area contributed by atoms with Crippen LogP contribution in [0.15, 0.2) is 42.6 Å². The van der Waals surface area contributed by atoms with Crippen molar-refractivity contribution < 1.29 is 38.2 Å². The van der Waals surface area contributed by atoms with Gasteiger partial charge in [-0.25, -0.2) is 9.97 Å². The van der Waals surface area contributed by atoms with E-state index in [1.54, 1.807) is 36.4 Å². The van der Waals surface area contributed by atoms with E-state index in [1.165, 1.54) is 4.90 Å². The number of rotatable bonds is 19. The number of benzene rings is 2. The van der Waals surface area contributed by atoms with Crippen LogP contribution < -0.4 is 25.2 Å². The number of amides is 5. The van der Waals surface area contributed by atoms with Crippen LogP contribution in [0.2, 0.25) is 0 Å². The number of ketones is 1. The first kappa shape index (κ1) is 47.7. The smallest absolute Gasteiger partial charge is 0.255 e. The predicted octanol–water partition coefficient (Wildman–Crippen LogP) is 4.60. The number of methoxy groups -OCH3 is 1. The van der Waals surface area contributed by atoms with E-state index in [0.717, 1.165) is 75.2 Å². The molecule has 0 bridgehead atoms. The number of imide groups is 1. The number of nitrogens with zero attached hydrogens (tertiary/aromatic N) is 7. The SMILES string of the molecule is CC[C@@H]1C(=O)N(C)c2cnc(Cc3ccc(C(=O)CC4CCN(CCOCCN(CC)CC(=O)Nc5cccc6c5CN(C5CCC(=O)NC5=O)C6=O)CC4)cc3OC)nc2N1C1CCCC1. The van der Waals surface area contributed by atoms with Gasteiger partial charge in [0.05, 0.1) is 33.1 Å². The summed E-state index contributed by atoms with van der Waals surface area (Å²) < 4.78 is 11.8. The van der Waals surface area contributed by atoms with Crippen LogP contribution in [0.1, 0.15) is 116 Å². The van der Waals surface area contributed by atoms with E-state index in [9.17, 15) is 28.8 Å². The Hall–Kier alpha value is -5.78. The molecule has 2 saturated heterocycles. The molecular formula is C50H65N9O8. The minimum Gasteiger partial charge on any atom is -0.496 e. The van der Waals surface area contributed by atoms with Gasteiger partial charge in [-0.05, 0) is 82.3 Å². The van der Waals surface area contributed by atoms with Gasteiger partial charge in [0.15, 0.2) is 11.6 Å². The lowest BCUT2D eigenvalue weighted by atomic mass is 9.89. The Morgan fingerprint density at radius 1 is 0.985 bits per heavy atom. The molecule has 3 fully saturated rings. The molecule has 1 unspecified atom stereocenters. The summed E-state index contributed by atoms with van der Waals surface area (Å²) in [5.74, 6) is 1.29. The lowest BCUT2D eigenvalue weighted by molar-refractivity contribution is -0.137. The fourth-order valence-electron chi connectivity index (χ4n) is 10.5. The van der Waals surface area contributed by atoms with Crippen LogP contribution >= 0.6 is 0 Å². The van der Waals surface area contributed by atoms with Gasteiger partial charge >= 0.3 is 0 Å². The van der Waals surface area contributed by atoms with Crippen molar-refractivity contribution >= 4 is 52.5 Å². The quantitative estimate of drug-likeness (QED) is 0.0967. The molecule has 3 aromatic rings. The average molecular weight is 920 g/mol. The number of hydrogen-bond acceptors (Lipinski definition) is 13. The largest absolute Gasteiger partial charge is 0.496 e. The molecule has 8 rings (SSSR count). The van der Waals surface area contributed by atoms with Crippen LogP contribution in [0, 0.1) is 5.92 Å². The van der Waals surface area contributed by atoms with E-state index in [1.807, 2.05) is 37.1 Å². The topological polar surface area (TPSA) is 187 Å². The summed E-state index contributed by atoms with van der Waals surface area (Å²) in [5, 5.41) is 5.29. The average Bonchev–Trinajstić information content (AvgIpc) is 3.99. The Morgan fingerprint density at radius 3 is 2.51 bits per heavy atom. The van der Waals surface area contributed by atoms with Crippen molar-refractivity contribution in [3.05, 3.63) is 70.7 Å². The van der Waals surface area contributed by atoms with Crippen LogP contribution in [0.3, 0.4) is 0 Å². The van der Waals surface area contributed by atoms with Crippen LogP contribution in [0.25, 0.3) is 0 Å². The maximum atomic E-state index is 13.6. The normalized spacial score (nSPS) is 20.4. The number of piperidine rings is 2. The molecule has 4 aliphatic heterocycles. The predicted molar refractivity (Wildman–Crippen MR) is 252 cm³/mol. The standard InChI is InChI=1S/C50H65N9O8/c1-5-39-50(65)55(3)41-29-51-44(53-47(41)59(39)35-10-7-8-11-35)28-34-15-14-33(27-43(34)66-4)42(60)26-32-18-20-57(21-19-32)23-25-67-24-22-56(6-2)31-46(62)52-38-13-9-12-36-37(38)30-58(49(36)64)40-16-17-45(61)54-48(40)63/h9,12-15,27,29,32,35,39-40H,5-8,10-11,16-26,28,30-31H2,1-4H3,(H,52,62)(H,54,61,63)/t39-,40?/m1/s1. The Bertz CT molecular complexity index is 2350. The molecule has 67 heavy (non-hydrogen) atoms. The molecule has 17 heteroatoms. The first-order valence-electron chi connectivity index (χ1n) is 24.2. The molecule has 2 atom stereocenters. The number of likely N-dealkylation sites (tertiary alicyclic amines) is 1. The molecule has 0 spiro atoms. The van der Waals surface area contributed by atoms with Crippen molar-refractivity contribution in [1.29, 1.82) is 0 Å². The lowest BCUT2D eigenvalue weighted by Crippen LogP contribution is -2.55. The van der Waals surface area contributed by atoms with Crippen molar-refractivity contribution in [3.8, 4) is 5.75 Å². The van der Waals surface area contributed by atoms with Gasteiger partial charge in [0.1, 0.15) is 29.3 Å². The van der Waals surface area contributed by atoms with Gasteiger partial charge in [0.2, 0.25) is 23.6 Å². The van der Waals surface area contributed by atoms with Crippen molar-refractivity contribution in [1.82, 2.24) is 30.0 Å². The third-order valence-electron chi connectivity index (χ3n) is 14.4. The molecule has 1 aromatic heterocycles. The second-order valence-electron chi connectivity index (χ2n) is 18.5. The van der Waals surface area contributed by atoms with Crippen LogP contribution in [0.4, 0.5) is 17.2 Å². The van der Waals surface area contributed by atoms with Crippen molar-refractivity contribution in [2.24, 2.45) is 5.92 Å². The monoisotopic (exact) mass is 919 g/mol. The zero-order chi connectivity index (χ0) is 47.2. The fraction of sp³-hybridized carbons (Fsp3) is 0.560. The van der Waals surface area contributed by atoms with Crippen molar-refractivity contribution in [2.45, 2.75) is 109 Å². The van der Waals surface area contributed by atoms with Crippen molar-refractivity contribution in [2.75, 3.05) is 81.8 Å². The highest BCUT2D eigenvalue weighted by Crippen LogP contribution is 2.40. The van der Waals surface area contributed by atoms with Gasteiger partial charge in [-0.1, -0.05) is 44.9 Å². The van der Waals surface area contributed by atoms with Gasteiger partial charge in [0, 0.05) is 79.9 Å². The molecule has 5 amide bonds. The number of hydrogen-bond donors (Lipinski definition) is 2. The minimum absolute atomic E-state index is 0.0883. The Kier molecular flexibility index (Phi) is 15.3. The molecule has 358 valence electrons. The highest BCUT2D eigenvalue weighted by atomic mass is 16.5. The first-order chi connectivity index (χ1) is 32.5. The Labute approximate surface area is 392 Å². The Morgan fingerprint density at radius 2 is 1.78 bits per heavy atom. The number of carbonyl (C=O) groups is 6. The first-order valence-corrected chi connectivity index (χ1v) is 24.2. The molecule has 0 radical (unpaired) electrons. The van der Waals surface area contributed by atoms with Gasteiger partial charge in [-0.3, -0.25) is 39.0 Å². The third-order valence-corrected chi connectivity index (χ3v) is 14.4. The molecule has 1 saturated carbocycles. The molecule has 17 nitrogen and oxygen atoms in total. The highest BCUT2D eigenvalue weighted by Gasteiger charge is 2.42. The van der Waals surface area contributed by atoms with E-state index in [-0.39, 0.29) is 61.4 Å². The van der Waals surface area contributed by atoms with E-state index in [4.69, 9.17) is 14.5 Å². The molecule has 1 aliphatic carbocycles. The number of nitrogens with one attached hydrogen (secondary N) is 2. The fourth-order valence-corrected chi connectivity index (χ4v) is 10.5. The number of Topliss-reactive ketones (excluding diaryl/α,β-unsaturated/α-hetero) is 1. The molecular weight excluding hydrogens is 855 g/mol.